The highest BCUT2D eigenvalue weighted by atomic mass is 32.1. The predicted molar refractivity (Wildman–Crippen MR) is 112 cm³/mol. The van der Waals surface area contributed by atoms with Crippen molar-refractivity contribution in [1.29, 1.82) is 0 Å². The smallest absolute Gasteiger partial charge is 0.332 e. The van der Waals surface area contributed by atoms with Crippen molar-refractivity contribution in [1.82, 2.24) is 24.1 Å². The second-order valence-corrected chi connectivity index (χ2v) is 8.81. The van der Waals surface area contributed by atoms with Gasteiger partial charge >= 0.3 is 5.69 Å². The van der Waals surface area contributed by atoms with Crippen molar-refractivity contribution in [3.63, 3.8) is 0 Å². The molecule has 3 heterocycles. The van der Waals surface area contributed by atoms with Crippen LogP contribution in [0.15, 0.2) is 35.4 Å². The molecule has 0 unspecified atom stereocenters. The van der Waals surface area contributed by atoms with Gasteiger partial charge < -0.3 is 10.1 Å². The summed E-state index contributed by atoms with van der Waals surface area (Å²) in [6, 6.07) is 6.64. The van der Waals surface area contributed by atoms with Gasteiger partial charge in [0.25, 0.3) is 0 Å². The fourth-order valence-electron chi connectivity index (χ4n) is 4.14. The quantitative estimate of drug-likeness (QED) is 0.545. The molecule has 0 bridgehead atoms. The van der Waals surface area contributed by atoms with E-state index in [1.807, 2.05) is 27.3 Å². The third-order valence-electron chi connectivity index (χ3n) is 5.84. The van der Waals surface area contributed by atoms with Crippen LogP contribution in [0.4, 0.5) is 5.13 Å². The van der Waals surface area contributed by atoms with E-state index in [4.69, 9.17) is 4.74 Å². The van der Waals surface area contributed by atoms with E-state index < -0.39 is 0 Å². The maximum atomic E-state index is 13.1. The Morgan fingerprint density at radius 3 is 2.52 bits per heavy atom. The minimum Gasteiger partial charge on any atom is -0.497 e. The number of anilines is 1. The summed E-state index contributed by atoms with van der Waals surface area (Å²) in [7, 11) is 1.67. The predicted octanol–water partition coefficient (Wildman–Crippen LogP) is 3.36. The molecule has 2 fully saturated rings. The maximum absolute atomic E-state index is 13.1. The number of nitrogens with one attached hydrogen (secondary N) is 1. The molecule has 3 aromatic heterocycles. The first-order chi connectivity index (χ1) is 14.2. The van der Waals surface area contributed by atoms with Gasteiger partial charge in [0.15, 0.2) is 16.4 Å². The lowest BCUT2D eigenvalue weighted by molar-refractivity contribution is 0.280. The van der Waals surface area contributed by atoms with E-state index in [0.717, 1.165) is 52.4 Å². The SMILES string of the molecule is COc1ccc2nc(NC3CC(n4c(=O)n(C5CC5)c5nccnc54)C3)sc2c1. The molecule has 2 saturated carbocycles. The Bertz CT molecular complexity index is 1280. The number of nitrogens with zero attached hydrogens (tertiary/aromatic N) is 5. The Hall–Kier alpha value is -2.94. The average molecular weight is 408 g/mol. The zero-order valence-electron chi connectivity index (χ0n) is 15.9. The Morgan fingerprint density at radius 1 is 1.10 bits per heavy atom. The van der Waals surface area contributed by atoms with Crippen LogP contribution in [-0.2, 0) is 0 Å². The molecular formula is C20H20N6O2S. The molecule has 0 saturated heterocycles. The Kier molecular flexibility index (Phi) is 3.67. The van der Waals surface area contributed by atoms with E-state index in [-0.39, 0.29) is 17.8 Å². The van der Waals surface area contributed by atoms with Crippen LogP contribution < -0.4 is 15.7 Å². The standard InChI is InChI=1S/C20H20N6O2S/c1-28-14-4-5-15-16(10-14)29-19(24-15)23-11-8-13(9-11)26-18-17(21-6-7-22-18)25(20(26)27)12-2-3-12/h4-7,10-13H,2-3,8-9H2,1H3,(H,23,24). The van der Waals surface area contributed by atoms with Gasteiger partial charge in [0.2, 0.25) is 0 Å². The van der Waals surface area contributed by atoms with Crippen LogP contribution in [0.1, 0.15) is 37.8 Å². The number of thiazole rings is 1. The second-order valence-electron chi connectivity index (χ2n) is 7.78. The lowest BCUT2D eigenvalue weighted by Gasteiger charge is -2.36. The largest absolute Gasteiger partial charge is 0.497 e. The van der Waals surface area contributed by atoms with Gasteiger partial charge in [-0.15, -0.1) is 0 Å². The lowest BCUT2D eigenvalue weighted by Crippen LogP contribution is -2.41. The van der Waals surface area contributed by atoms with Gasteiger partial charge in [-0.25, -0.2) is 19.7 Å². The van der Waals surface area contributed by atoms with E-state index in [2.05, 4.69) is 20.3 Å². The number of hydrogen-bond donors (Lipinski definition) is 1. The molecule has 4 aromatic rings. The number of rotatable bonds is 5. The molecule has 148 valence electrons. The minimum absolute atomic E-state index is 0.0317. The first-order valence-corrected chi connectivity index (χ1v) is 10.7. The van der Waals surface area contributed by atoms with Crippen molar-refractivity contribution in [2.24, 2.45) is 0 Å². The summed E-state index contributed by atoms with van der Waals surface area (Å²) in [5.74, 6) is 0.837. The molecular weight excluding hydrogens is 388 g/mol. The topological polar surface area (TPSA) is 86.9 Å². The number of methoxy groups -OCH3 is 1. The summed E-state index contributed by atoms with van der Waals surface area (Å²) in [4.78, 5) is 26.6. The number of aromatic nitrogens is 5. The van der Waals surface area contributed by atoms with Crippen LogP contribution in [0.25, 0.3) is 21.5 Å². The van der Waals surface area contributed by atoms with Crippen LogP contribution in [0.3, 0.4) is 0 Å². The molecule has 0 radical (unpaired) electrons. The van der Waals surface area contributed by atoms with E-state index in [9.17, 15) is 4.79 Å². The summed E-state index contributed by atoms with van der Waals surface area (Å²) in [5, 5.41) is 4.43. The van der Waals surface area contributed by atoms with Crippen LogP contribution in [0.5, 0.6) is 5.75 Å². The number of ether oxygens (including phenoxy) is 1. The van der Waals surface area contributed by atoms with Crippen molar-refractivity contribution < 1.29 is 4.74 Å². The molecule has 9 heteroatoms. The molecule has 8 nitrogen and oxygen atoms in total. The summed E-state index contributed by atoms with van der Waals surface area (Å²) >= 11 is 1.63. The van der Waals surface area contributed by atoms with Crippen molar-refractivity contribution in [2.45, 2.75) is 43.8 Å². The molecule has 29 heavy (non-hydrogen) atoms. The van der Waals surface area contributed by atoms with Crippen molar-refractivity contribution >= 4 is 38.0 Å². The number of benzene rings is 1. The van der Waals surface area contributed by atoms with Gasteiger partial charge in [-0.3, -0.25) is 9.13 Å². The molecule has 1 N–H and O–H groups in total. The first-order valence-electron chi connectivity index (χ1n) is 9.86. The fourth-order valence-corrected chi connectivity index (χ4v) is 5.11. The van der Waals surface area contributed by atoms with Crippen molar-refractivity contribution in [3.05, 3.63) is 41.1 Å². The van der Waals surface area contributed by atoms with Gasteiger partial charge in [0, 0.05) is 30.5 Å². The fraction of sp³-hybridized carbons (Fsp3) is 0.400. The van der Waals surface area contributed by atoms with E-state index in [1.54, 1.807) is 30.8 Å². The van der Waals surface area contributed by atoms with E-state index in [0.29, 0.717) is 11.7 Å². The summed E-state index contributed by atoms with van der Waals surface area (Å²) in [6.45, 7) is 0. The van der Waals surface area contributed by atoms with Crippen molar-refractivity contribution in [2.75, 3.05) is 12.4 Å². The molecule has 0 aliphatic heterocycles. The summed E-state index contributed by atoms with van der Waals surface area (Å²) in [6.07, 6.45) is 7.18. The van der Waals surface area contributed by atoms with Crippen LogP contribution >= 0.6 is 11.3 Å². The summed E-state index contributed by atoms with van der Waals surface area (Å²) < 4.78 is 10.1. The highest BCUT2D eigenvalue weighted by Gasteiger charge is 2.37. The van der Waals surface area contributed by atoms with Gasteiger partial charge in [-0.1, -0.05) is 11.3 Å². The maximum Gasteiger partial charge on any atom is 0.332 e. The van der Waals surface area contributed by atoms with Gasteiger partial charge in [-0.05, 0) is 43.9 Å². The third-order valence-corrected chi connectivity index (χ3v) is 6.79. The molecule has 6 rings (SSSR count). The molecule has 2 aliphatic carbocycles. The molecule has 0 amide bonds. The molecule has 2 aliphatic rings. The van der Waals surface area contributed by atoms with Gasteiger partial charge in [0.1, 0.15) is 5.75 Å². The van der Waals surface area contributed by atoms with Gasteiger partial charge in [-0.2, -0.15) is 0 Å². The van der Waals surface area contributed by atoms with Gasteiger partial charge in [0.05, 0.1) is 17.3 Å². The first kappa shape index (κ1) is 17.0. The highest BCUT2D eigenvalue weighted by Crippen LogP contribution is 2.39. The number of fused-ring (bicyclic) bond motifs is 2. The molecule has 0 atom stereocenters. The third kappa shape index (κ3) is 2.71. The Balaban J connectivity index is 1.23. The zero-order chi connectivity index (χ0) is 19.5. The molecule has 1 aromatic carbocycles. The second kappa shape index (κ2) is 6.28. The number of hydrogen-bond acceptors (Lipinski definition) is 7. The average Bonchev–Trinajstić information content (AvgIpc) is 3.38. The van der Waals surface area contributed by atoms with E-state index in [1.165, 1.54) is 0 Å². The summed E-state index contributed by atoms with van der Waals surface area (Å²) in [5.41, 5.74) is 2.42. The van der Waals surface area contributed by atoms with Crippen molar-refractivity contribution in [3.8, 4) is 5.75 Å². The normalized spacial score (nSPS) is 21.4. The molecule has 0 spiro atoms. The monoisotopic (exact) mass is 408 g/mol. The van der Waals surface area contributed by atoms with Crippen LogP contribution in [0, 0.1) is 0 Å². The number of imidazole rings is 1. The lowest BCUT2D eigenvalue weighted by atomic mass is 9.86. The van der Waals surface area contributed by atoms with Crippen LogP contribution in [-0.4, -0.2) is 37.2 Å². The Labute approximate surface area is 170 Å². The highest BCUT2D eigenvalue weighted by molar-refractivity contribution is 7.22. The van der Waals surface area contributed by atoms with Crippen LogP contribution in [0.2, 0.25) is 0 Å². The zero-order valence-corrected chi connectivity index (χ0v) is 16.7. The Morgan fingerprint density at radius 2 is 1.83 bits per heavy atom. The minimum atomic E-state index is 0.0317. The van der Waals surface area contributed by atoms with E-state index >= 15 is 0 Å².